The molecule has 0 heteroatoms. The average Bonchev–Trinajstić information content (AvgIpc) is 2.32. The summed E-state index contributed by atoms with van der Waals surface area (Å²) in [6, 6.07) is 0. The second-order valence-electron chi connectivity index (χ2n) is 7.10. The molecule has 3 atom stereocenters. The van der Waals surface area contributed by atoms with Crippen LogP contribution in [0, 0.1) is 23.7 Å². The van der Waals surface area contributed by atoms with Crippen molar-refractivity contribution in [3.05, 3.63) is 0 Å². The molecule has 0 aromatic rings. The van der Waals surface area contributed by atoms with E-state index in [-0.39, 0.29) is 0 Å². The predicted octanol–water partition coefficient (Wildman–Crippen LogP) is 6.69. The van der Waals surface area contributed by atoms with E-state index >= 15 is 0 Å². The van der Waals surface area contributed by atoms with Crippen molar-refractivity contribution in [2.75, 3.05) is 0 Å². The third-order valence-electron chi connectivity index (χ3n) is 4.58. The largest absolute Gasteiger partial charge is 0.0654 e. The number of hydrogen-bond acceptors (Lipinski definition) is 0. The Morgan fingerprint density at radius 2 is 1.22 bits per heavy atom. The molecule has 0 rings (SSSR count). The Balaban J connectivity index is 3.63. The molecule has 0 aliphatic rings. The van der Waals surface area contributed by atoms with Crippen LogP contribution in [0.1, 0.15) is 92.9 Å². The molecule has 0 nitrogen and oxygen atoms in total. The van der Waals surface area contributed by atoms with Gasteiger partial charge in [0, 0.05) is 0 Å². The lowest BCUT2D eigenvalue weighted by Crippen LogP contribution is -2.10. The molecule has 0 heterocycles. The molecule has 0 aliphatic carbocycles. The first-order chi connectivity index (χ1) is 8.47. The van der Waals surface area contributed by atoms with Crippen molar-refractivity contribution in [1.29, 1.82) is 0 Å². The van der Waals surface area contributed by atoms with Crippen molar-refractivity contribution < 1.29 is 0 Å². The smallest absolute Gasteiger partial charge is 0.0417 e. The molecule has 0 bridgehead atoms. The molecule has 3 unspecified atom stereocenters. The summed E-state index contributed by atoms with van der Waals surface area (Å²) in [5.74, 6) is 3.65. The van der Waals surface area contributed by atoms with Crippen molar-refractivity contribution in [2.24, 2.45) is 23.7 Å². The van der Waals surface area contributed by atoms with Crippen LogP contribution in [0.5, 0.6) is 0 Å². The first kappa shape index (κ1) is 18.0. The van der Waals surface area contributed by atoms with Gasteiger partial charge >= 0.3 is 0 Å². The summed E-state index contributed by atoms with van der Waals surface area (Å²) in [6.07, 6.45) is 11.3. The quantitative estimate of drug-likeness (QED) is 0.385. The molecule has 18 heavy (non-hydrogen) atoms. The van der Waals surface area contributed by atoms with Gasteiger partial charge in [-0.25, -0.2) is 0 Å². The van der Waals surface area contributed by atoms with Crippen molar-refractivity contribution in [2.45, 2.75) is 92.9 Å². The van der Waals surface area contributed by atoms with E-state index in [9.17, 15) is 0 Å². The molecule has 0 saturated carbocycles. The lowest BCUT2D eigenvalue weighted by Gasteiger charge is -2.22. The lowest BCUT2D eigenvalue weighted by molar-refractivity contribution is 0.299. The van der Waals surface area contributed by atoms with Gasteiger partial charge in [-0.05, 0) is 23.7 Å². The van der Waals surface area contributed by atoms with Crippen LogP contribution < -0.4 is 0 Å². The van der Waals surface area contributed by atoms with E-state index in [2.05, 4.69) is 41.5 Å². The van der Waals surface area contributed by atoms with Crippen LogP contribution in [0.15, 0.2) is 0 Å². The summed E-state index contributed by atoms with van der Waals surface area (Å²) in [4.78, 5) is 0. The van der Waals surface area contributed by atoms with Gasteiger partial charge in [-0.2, -0.15) is 0 Å². The third kappa shape index (κ3) is 9.97. The molecule has 0 amide bonds. The normalized spacial score (nSPS) is 16.8. The fraction of sp³-hybridized carbons (Fsp3) is 1.00. The number of unbranched alkanes of at least 4 members (excludes halogenated alkanes) is 1. The molecule has 0 radical (unpaired) electrons. The van der Waals surface area contributed by atoms with E-state index in [1.54, 1.807) is 0 Å². The number of hydrogen-bond donors (Lipinski definition) is 0. The van der Waals surface area contributed by atoms with E-state index in [4.69, 9.17) is 0 Å². The highest BCUT2D eigenvalue weighted by atomic mass is 14.2. The minimum absolute atomic E-state index is 0.876. The summed E-state index contributed by atoms with van der Waals surface area (Å²) in [6.45, 7) is 14.3. The zero-order valence-corrected chi connectivity index (χ0v) is 14.0. The monoisotopic (exact) mass is 254 g/mol. The average molecular weight is 255 g/mol. The van der Waals surface area contributed by atoms with Crippen LogP contribution in [0.25, 0.3) is 0 Å². The summed E-state index contributed by atoms with van der Waals surface area (Å²) in [7, 11) is 0. The van der Waals surface area contributed by atoms with Gasteiger partial charge in [0.2, 0.25) is 0 Å². The van der Waals surface area contributed by atoms with Crippen LogP contribution in [0.4, 0.5) is 0 Å². The van der Waals surface area contributed by atoms with Crippen LogP contribution >= 0.6 is 0 Å². The van der Waals surface area contributed by atoms with Crippen LogP contribution in [0.3, 0.4) is 0 Å². The van der Waals surface area contributed by atoms with Gasteiger partial charge in [0.1, 0.15) is 0 Å². The summed E-state index contributed by atoms with van der Waals surface area (Å²) in [5.41, 5.74) is 0. The van der Waals surface area contributed by atoms with E-state index in [1.165, 1.54) is 51.4 Å². The molecular weight excluding hydrogens is 216 g/mol. The number of rotatable bonds is 11. The molecule has 110 valence electrons. The molecule has 0 N–H and O–H groups in total. The highest BCUT2D eigenvalue weighted by molar-refractivity contribution is 4.65. The molecule has 0 saturated heterocycles. The van der Waals surface area contributed by atoms with Gasteiger partial charge in [-0.15, -0.1) is 0 Å². The zero-order valence-electron chi connectivity index (χ0n) is 14.0. The molecule has 0 spiro atoms. The highest BCUT2D eigenvalue weighted by Gasteiger charge is 2.13. The standard InChI is InChI=1S/C18H38/c1-7-8-11-16(4)13-14-18(6)17(5)12-9-10-15(2)3/h15-18H,7-14H2,1-6H3. The van der Waals surface area contributed by atoms with E-state index in [0.717, 1.165) is 23.7 Å². The summed E-state index contributed by atoms with van der Waals surface area (Å²) >= 11 is 0. The van der Waals surface area contributed by atoms with Crippen LogP contribution in [-0.2, 0) is 0 Å². The maximum atomic E-state index is 2.46. The topological polar surface area (TPSA) is 0 Å². The predicted molar refractivity (Wildman–Crippen MR) is 84.9 cm³/mol. The molecule has 0 fully saturated rings. The van der Waals surface area contributed by atoms with E-state index < -0.39 is 0 Å². The highest BCUT2D eigenvalue weighted by Crippen LogP contribution is 2.26. The molecule has 0 aromatic carbocycles. The van der Waals surface area contributed by atoms with Gasteiger partial charge in [0.05, 0.1) is 0 Å². The fourth-order valence-electron chi connectivity index (χ4n) is 2.66. The Morgan fingerprint density at radius 3 is 1.78 bits per heavy atom. The van der Waals surface area contributed by atoms with Gasteiger partial charge < -0.3 is 0 Å². The van der Waals surface area contributed by atoms with E-state index in [1.807, 2.05) is 0 Å². The maximum Gasteiger partial charge on any atom is -0.0417 e. The molecular formula is C18H38. The SMILES string of the molecule is CCCCC(C)CCC(C)C(C)CCCC(C)C. The van der Waals surface area contributed by atoms with Crippen LogP contribution in [-0.4, -0.2) is 0 Å². The minimum Gasteiger partial charge on any atom is -0.0654 e. The minimum atomic E-state index is 0.876. The van der Waals surface area contributed by atoms with Gasteiger partial charge in [-0.1, -0.05) is 92.9 Å². The summed E-state index contributed by atoms with van der Waals surface area (Å²) in [5, 5.41) is 0. The Hall–Kier alpha value is 0. The first-order valence-electron chi connectivity index (χ1n) is 8.47. The third-order valence-corrected chi connectivity index (χ3v) is 4.58. The summed E-state index contributed by atoms with van der Waals surface area (Å²) < 4.78 is 0. The Morgan fingerprint density at radius 1 is 0.611 bits per heavy atom. The Kier molecular flexibility index (Phi) is 10.9. The lowest BCUT2D eigenvalue weighted by atomic mass is 9.84. The van der Waals surface area contributed by atoms with Crippen LogP contribution in [0.2, 0.25) is 0 Å². The van der Waals surface area contributed by atoms with Crippen molar-refractivity contribution >= 4 is 0 Å². The zero-order chi connectivity index (χ0) is 14.0. The first-order valence-corrected chi connectivity index (χ1v) is 8.47. The van der Waals surface area contributed by atoms with Crippen molar-refractivity contribution in [1.82, 2.24) is 0 Å². The molecule has 0 aliphatic heterocycles. The Bertz CT molecular complexity index is 171. The van der Waals surface area contributed by atoms with E-state index in [0.29, 0.717) is 0 Å². The maximum absolute atomic E-state index is 2.46. The van der Waals surface area contributed by atoms with Crippen molar-refractivity contribution in [3.8, 4) is 0 Å². The Labute approximate surface area is 117 Å². The van der Waals surface area contributed by atoms with Gasteiger partial charge in [0.25, 0.3) is 0 Å². The fourth-order valence-corrected chi connectivity index (χ4v) is 2.66. The second kappa shape index (κ2) is 10.9. The molecule has 0 aromatic heterocycles. The van der Waals surface area contributed by atoms with Crippen molar-refractivity contribution in [3.63, 3.8) is 0 Å². The van der Waals surface area contributed by atoms with Gasteiger partial charge in [-0.3, -0.25) is 0 Å². The van der Waals surface area contributed by atoms with Gasteiger partial charge in [0.15, 0.2) is 0 Å². The second-order valence-corrected chi connectivity index (χ2v) is 7.10.